The second-order valence-electron chi connectivity index (χ2n) is 6.54. The summed E-state index contributed by atoms with van der Waals surface area (Å²) in [6.07, 6.45) is 0. The summed E-state index contributed by atoms with van der Waals surface area (Å²) in [5, 5.41) is 5.24. The zero-order chi connectivity index (χ0) is 18.5. The van der Waals surface area contributed by atoms with Gasteiger partial charge in [0, 0.05) is 11.9 Å². The molecule has 1 aromatic heterocycles. The van der Waals surface area contributed by atoms with Gasteiger partial charge in [0.05, 0.1) is 25.0 Å². The van der Waals surface area contributed by atoms with Crippen LogP contribution in [-0.2, 0) is 24.7 Å². The summed E-state index contributed by atoms with van der Waals surface area (Å²) in [6.45, 7) is 0. The lowest BCUT2D eigenvalue weighted by molar-refractivity contribution is -0.154. The Hall–Kier alpha value is -2.51. The van der Waals surface area contributed by atoms with E-state index >= 15 is 0 Å². The number of carbonyl (C=O) groups is 3. The second-order valence-corrected chi connectivity index (χ2v) is 7.52. The molecule has 0 saturated carbocycles. The normalized spacial score (nSPS) is 30.5. The summed E-state index contributed by atoms with van der Waals surface area (Å²) in [5.74, 6) is -2.69. The zero-order valence-electron chi connectivity index (χ0n) is 14.3. The molecular weight excluding hydrogens is 352 g/mol. The number of fused-ring (bicyclic) bond motifs is 1. The summed E-state index contributed by atoms with van der Waals surface area (Å²) in [5.41, 5.74) is -0.773. The number of hydrogen-bond acceptors (Lipinski definition) is 6. The number of hydrogen-bond donors (Lipinski definition) is 1. The Bertz CT molecular complexity index is 867. The molecule has 134 valence electrons. The van der Waals surface area contributed by atoms with E-state index in [1.165, 1.54) is 25.5 Å². The molecule has 0 bridgehead atoms. The molecule has 0 spiro atoms. The first kappa shape index (κ1) is 16.9. The topological polar surface area (TPSA) is 75.7 Å². The van der Waals surface area contributed by atoms with Crippen molar-refractivity contribution in [1.29, 1.82) is 0 Å². The first-order valence-electron chi connectivity index (χ1n) is 8.29. The molecule has 1 aromatic carbocycles. The number of benzene rings is 1. The standard InChI is InChI=1S/C19H18N2O4S/c1-21-16(22)13-14(17(21)23)19(18(24)25-2,11-7-4-3-5-8-11)20-15(13)12-9-6-10-26-12/h3-10,13-15,20H,1-2H3/t13-,14+,15+,19+/m0/s1. The van der Waals surface area contributed by atoms with Gasteiger partial charge in [0.1, 0.15) is 0 Å². The smallest absolute Gasteiger partial charge is 0.331 e. The fourth-order valence-corrected chi connectivity index (χ4v) is 5.02. The van der Waals surface area contributed by atoms with Crippen molar-refractivity contribution < 1.29 is 19.1 Å². The van der Waals surface area contributed by atoms with Gasteiger partial charge in [0.25, 0.3) is 0 Å². The van der Waals surface area contributed by atoms with Crippen LogP contribution in [0.4, 0.5) is 0 Å². The van der Waals surface area contributed by atoms with Gasteiger partial charge in [-0.05, 0) is 17.0 Å². The molecule has 4 rings (SSSR count). The van der Waals surface area contributed by atoms with Crippen molar-refractivity contribution in [3.63, 3.8) is 0 Å². The number of esters is 1. The van der Waals surface area contributed by atoms with E-state index in [9.17, 15) is 14.4 Å². The predicted molar refractivity (Wildman–Crippen MR) is 95.1 cm³/mol. The van der Waals surface area contributed by atoms with E-state index in [0.717, 1.165) is 9.78 Å². The summed E-state index contributed by atoms with van der Waals surface area (Å²) in [7, 11) is 2.77. The van der Waals surface area contributed by atoms with Gasteiger partial charge in [-0.3, -0.25) is 19.8 Å². The van der Waals surface area contributed by atoms with Crippen molar-refractivity contribution in [1.82, 2.24) is 10.2 Å². The van der Waals surface area contributed by atoms with Crippen LogP contribution in [-0.4, -0.2) is 36.8 Å². The molecule has 26 heavy (non-hydrogen) atoms. The van der Waals surface area contributed by atoms with Crippen LogP contribution in [0.15, 0.2) is 47.8 Å². The van der Waals surface area contributed by atoms with E-state index in [-0.39, 0.29) is 11.8 Å². The molecule has 2 aliphatic rings. The number of likely N-dealkylation sites (tertiary alicyclic amines) is 1. The van der Waals surface area contributed by atoms with Crippen LogP contribution in [0.25, 0.3) is 0 Å². The van der Waals surface area contributed by atoms with Crippen LogP contribution in [0.3, 0.4) is 0 Å². The van der Waals surface area contributed by atoms with Crippen molar-refractivity contribution in [3.8, 4) is 0 Å². The van der Waals surface area contributed by atoms with Gasteiger partial charge in [0.2, 0.25) is 11.8 Å². The number of imide groups is 1. The number of carbonyl (C=O) groups excluding carboxylic acids is 3. The highest BCUT2D eigenvalue weighted by Gasteiger charge is 2.69. The Labute approximate surface area is 154 Å². The molecule has 2 fully saturated rings. The highest BCUT2D eigenvalue weighted by molar-refractivity contribution is 7.10. The van der Waals surface area contributed by atoms with Gasteiger partial charge in [-0.2, -0.15) is 0 Å². The van der Waals surface area contributed by atoms with E-state index in [1.54, 1.807) is 24.3 Å². The maximum atomic E-state index is 13.0. The van der Waals surface area contributed by atoms with Crippen LogP contribution in [0, 0.1) is 11.8 Å². The van der Waals surface area contributed by atoms with E-state index in [1.807, 2.05) is 23.6 Å². The minimum atomic E-state index is -1.40. The highest BCUT2D eigenvalue weighted by Crippen LogP contribution is 2.53. The average Bonchev–Trinajstić information content (AvgIpc) is 3.36. The van der Waals surface area contributed by atoms with Crippen molar-refractivity contribution in [2.75, 3.05) is 14.2 Å². The van der Waals surface area contributed by atoms with E-state index in [4.69, 9.17) is 4.74 Å². The predicted octanol–water partition coefficient (Wildman–Crippen LogP) is 1.69. The van der Waals surface area contributed by atoms with Crippen LogP contribution in [0.5, 0.6) is 0 Å². The molecule has 2 saturated heterocycles. The first-order chi connectivity index (χ1) is 12.5. The van der Waals surface area contributed by atoms with Crippen LogP contribution >= 0.6 is 11.3 Å². The number of rotatable bonds is 3. The molecule has 3 heterocycles. The number of ether oxygens (including phenoxy) is 1. The molecule has 0 unspecified atom stereocenters. The lowest BCUT2D eigenvalue weighted by Gasteiger charge is -2.32. The third kappa shape index (κ3) is 2.10. The molecule has 6 nitrogen and oxygen atoms in total. The van der Waals surface area contributed by atoms with Crippen LogP contribution in [0.2, 0.25) is 0 Å². The number of methoxy groups -OCH3 is 1. The van der Waals surface area contributed by atoms with Gasteiger partial charge < -0.3 is 4.74 Å². The van der Waals surface area contributed by atoms with E-state index in [0.29, 0.717) is 5.56 Å². The zero-order valence-corrected chi connectivity index (χ0v) is 15.2. The fraction of sp³-hybridized carbons (Fsp3) is 0.316. The monoisotopic (exact) mass is 370 g/mol. The summed E-state index contributed by atoms with van der Waals surface area (Å²) in [4.78, 5) is 40.9. The third-order valence-corrected chi connectivity index (χ3v) is 6.32. The number of nitrogens with one attached hydrogen (secondary N) is 1. The molecule has 4 atom stereocenters. The van der Waals surface area contributed by atoms with Gasteiger partial charge >= 0.3 is 5.97 Å². The first-order valence-corrected chi connectivity index (χ1v) is 9.16. The van der Waals surface area contributed by atoms with Crippen molar-refractivity contribution in [2.45, 2.75) is 11.6 Å². The van der Waals surface area contributed by atoms with Gasteiger partial charge in [-0.25, -0.2) is 4.79 Å². The molecule has 2 aliphatic heterocycles. The van der Waals surface area contributed by atoms with Gasteiger partial charge in [-0.1, -0.05) is 36.4 Å². The Kier molecular flexibility index (Phi) is 3.93. The molecular formula is C19H18N2O4S. The van der Waals surface area contributed by atoms with Crippen molar-refractivity contribution in [2.24, 2.45) is 11.8 Å². The molecule has 2 aromatic rings. The van der Waals surface area contributed by atoms with Crippen LogP contribution in [0.1, 0.15) is 16.5 Å². The van der Waals surface area contributed by atoms with Gasteiger partial charge in [0.15, 0.2) is 5.54 Å². The van der Waals surface area contributed by atoms with E-state index < -0.39 is 29.4 Å². The Balaban J connectivity index is 1.95. The molecule has 7 heteroatoms. The average molecular weight is 370 g/mol. The van der Waals surface area contributed by atoms with Crippen molar-refractivity contribution in [3.05, 3.63) is 58.3 Å². The maximum Gasteiger partial charge on any atom is 0.331 e. The minimum Gasteiger partial charge on any atom is -0.467 e. The van der Waals surface area contributed by atoms with Crippen molar-refractivity contribution >= 4 is 29.1 Å². The summed E-state index contributed by atoms with van der Waals surface area (Å²) < 4.78 is 5.10. The molecule has 0 aliphatic carbocycles. The highest BCUT2D eigenvalue weighted by atomic mass is 32.1. The lowest BCUT2D eigenvalue weighted by Crippen LogP contribution is -2.53. The summed E-state index contributed by atoms with van der Waals surface area (Å²) in [6, 6.07) is 12.4. The minimum absolute atomic E-state index is 0.271. The number of thiophene rings is 1. The lowest BCUT2D eigenvalue weighted by atomic mass is 9.75. The molecule has 1 N–H and O–H groups in total. The molecule has 0 radical (unpaired) electrons. The largest absolute Gasteiger partial charge is 0.467 e. The summed E-state index contributed by atoms with van der Waals surface area (Å²) >= 11 is 1.49. The number of nitrogens with zero attached hydrogens (tertiary/aromatic N) is 1. The van der Waals surface area contributed by atoms with Crippen LogP contribution < -0.4 is 5.32 Å². The maximum absolute atomic E-state index is 13.0. The van der Waals surface area contributed by atoms with E-state index in [2.05, 4.69) is 5.32 Å². The number of amides is 2. The van der Waals surface area contributed by atoms with Gasteiger partial charge in [-0.15, -0.1) is 11.3 Å². The SMILES string of the molecule is COC(=O)[C@]1(c2ccccc2)N[C@H](c2cccs2)[C@H]2C(=O)N(C)C(=O)[C@@H]21. The fourth-order valence-electron chi connectivity index (χ4n) is 4.20. The second kappa shape index (κ2) is 6.03. The third-order valence-electron chi connectivity index (χ3n) is 5.37. The Morgan fingerprint density at radius 2 is 1.88 bits per heavy atom. The Morgan fingerprint density at radius 1 is 1.15 bits per heavy atom. The quantitative estimate of drug-likeness (QED) is 0.657. The molecule has 2 amide bonds. The Morgan fingerprint density at radius 3 is 2.50 bits per heavy atom.